The number of rotatable bonds is 23. The van der Waals surface area contributed by atoms with E-state index in [1.165, 1.54) is 6.07 Å². The van der Waals surface area contributed by atoms with Gasteiger partial charge in [0.05, 0.1) is 83.6 Å². The van der Waals surface area contributed by atoms with Gasteiger partial charge in [-0.15, -0.1) is 6.42 Å². The van der Waals surface area contributed by atoms with Crippen molar-refractivity contribution in [2.24, 2.45) is 0 Å². The summed E-state index contributed by atoms with van der Waals surface area (Å²) in [4.78, 5) is 32.3. The summed E-state index contributed by atoms with van der Waals surface area (Å²) in [7, 11) is 0. The van der Waals surface area contributed by atoms with E-state index >= 15 is 4.39 Å². The average Bonchev–Trinajstić information content (AvgIpc) is 3.98. The van der Waals surface area contributed by atoms with Gasteiger partial charge < -0.3 is 43.2 Å². The minimum Gasteiger partial charge on any atom is -0.460 e. The first-order valence-electron chi connectivity index (χ1n) is 18.2. The fourth-order valence-corrected chi connectivity index (χ4v) is 6.16. The van der Waals surface area contributed by atoms with Crippen molar-refractivity contribution in [3.05, 3.63) is 69.5 Å². The van der Waals surface area contributed by atoms with E-state index in [-0.39, 0.29) is 43.2 Å². The van der Waals surface area contributed by atoms with Gasteiger partial charge in [-0.3, -0.25) is 14.6 Å². The van der Waals surface area contributed by atoms with Gasteiger partial charge in [-0.2, -0.15) is 0 Å². The Bertz CT molecular complexity index is 1690. The number of benzene rings is 1. The second-order valence-corrected chi connectivity index (χ2v) is 13.0. The van der Waals surface area contributed by atoms with E-state index in [2.05, 4.69) is 20.8 Å². The Morgan fingerprint density at radius 2 is 1.65 bits per heavy atom. The van der Waals surface area contributed by atoms with Gasteiger partial charge in [0.15, 0.2) is 5.43 Å². The van der Waals surface area contributed by atoms with Crippen LogP contribution in [0, 0.1) is 25.1 Å². The van der Waals surface area contributed by atoms with Gasteiger partial charge in [-0.25, -0.2) is 4.39 Å². The molecule has 1 saturated carbocycles. The highest BCUT2D eigenvalue weighted by molar-refractivity contribution is 5.84. The van der Waals surface area contributed by atoms with Crippen LogP contribution >= 0.6 is 0 Å². The first-order chi connectivity index (χ1) is 25.4. The largest absolute Gasteiger partial charge is 0.460 e. The van der Waals surface area contributed by atoms with Crippen LogP contribution in [0.2, 0.25) is 0 Å². The summed E-state index contributed by atoms with van der Waals surface area (Å²) in [6.07, 6.45) is 12.0. The Kier molecular flexibility index (Phi) is 15.8. The zero-order valence-electron chi connectivity index (χ0n) is 30.1. The van der Waals surface area contributed by atoms with Gasteiger partial charge in [-0.05, 0) is 62.4 Å². The third-order valence-electron chi connectivity index (χ3n) is 8.86. The molecule has 5 rings (SSSR count). The quantitative estimate of drug-likeness (QED) is 0.0866. The lowest BCUT2D eigenvalue weighted by atomic mass is 10.0. The number of esters is 1. The van der Waals surface area contributed by atoms with Gasteiger partial charge >= 0.3 is 5.97 Å². The SMILES string of the molecule is C#CCOCCOCCOCCOCCOCCC(=O)O[C@H]1CCCN(c2cc3c(cc2F)c(=O)c(CNCc2ccnc(C)c2)cn3C2CC2)C1. The van der Waals surface area contributed by atoms with E-state index in [1.54, 1.807) is 12.3 Å². The number of fused-ring (bicyclic) bond motifs is 1. The minimum atomic E-state index is -0.453. The van der Waals surface area contributed by atoms with Crippen LogP contribution in [-0.4, -0.2) is 101 Å². The summed E-state index contributed by atoms with van der Waals surface area (Å²) in [6.45, 7) is 7.89. The molecule has 3 heterocycles. The van der Waals surface area contributed by atoms with E-state index in [9.17, 15) is 9.59 Å². The van der Waals surface area contributed by atoms with Crippen LogP contribution in [0.25, 0.3) is 10.9 Å². The maximum atomic E-state index is 15.7. The molecular formula is C39H51FN4O8. The molecule has 0 radical (unpaired) electrons. The fourth-order valence-electron chi connectivity index (χ4n) is 6.16. The lowest BCUT2D eigenvalue weighted by Crippen LogP contribution is -2.41. The van der Waals surface area contributed by atoms with Gasteiger partial charge in [0.25, 0.3) is 0 Å². The van der Waals surface area contributed by atoms with Gasteiger partial charge in [0.2, 0.25) is 0 Å². The summed E-state index contributed by atoms with van der Waals surface area (Å²) < 4.78 is 50.6. The maximum absolute atomic E-state index is 15.7. The smallest absolute Gasteiger partial charge is 0.308 e. The molecule has 0 unspecified atom stereocenters. The van der Waals surface area contributed by atoms with Crippen molar-refractivity contribution in [1.29, 1.82) is 0 Å². The molecule has 282 valence electrons. The van der Waals surface area contributed by atoms with Crippen LogP contribution in [0.3, 0.4) is 0 Å². The van der Waals surface area contributed by atoms with Crippen molar-refractivity contribution in [3.63, 3.8) is 0 Å². The second-order valence-electron chi connectivity index (χ2n) is 13.0. The minimum absolute atomic E-state index is 0.116. The molecule has 1 N–H and O–H groups in total. The molecule has 3 aromatic rings. The summed E-state index contributed by atoms with van der Waals surface area (Å²) >= 11 is 0. The van der Waals surface area contributed by atoms with Crippen LogP contribution < -0.4 is 15.6 Å². The number of nitrogens with zero attached hydrogens (tertiary/aromatic N) is 3. The summed E-state index contributed by atoms with van der Waals surface area (Å²) in [6, 6.07) is 7.41. The number of carbonyl (C=O) groups excluding carboxylic acids is 1. The predicted molar refractivity (Wildman–Crippen MR) is 195 cm³/mol. The van der Waals surface area contributed by atoms with E-state index in [0.29, 0.717) is 102 Å². The topological polar surface area (TPSA) is 123 Å². The molecule has 12 nitrogen and oxygen atoms in total. The molecule has 1 saturated heterocycles. The third-order valence-corrected chi connectivity index (χ3v) is 8.86. The van der Waals surface area contributed by atoms with E-state index in [1.807, 2.05) is 30.2 Å². The van der Waals surface area contributed by atoms with Crippen LogP contribution in [0.15, 0.2) is 41.5 Å². The molecule has 2 aromatic heterocycles. The first kappa shape index (κ1) is 39.3. The van der Waals surface area contributed by atoms with E-state index in [0.717, 1.165) is 36.0 Å². The zero-order chi connectivity index (χ0) is 36.5. The highest BCUT2D eigenvalue weighted by Gasteiger charge is 2.29. The Hall–Kier alpha value is -3.90. The van der Waals surface area contributed by atoms with Crippen molar-refractivity contribution < 1.29 is 37.6 Å². The number of aromatic nitrogens is 2. The average molecular weight is 723 g/mol. The Morgan fingerprint density at radius 1 is 0.962 bits per heavy atom. The first-order valence-corrected chi connectivity index (χ1v) is 18.2. The molecule has 1 atom stereocenters. The van der Waals surface area contributed by atoms with Crippen LogP contribution in [0.4, 0.5) is 10.1 Å². The Labute approximate surface area is 304 Å². The highest BCUT2D eigenvalue weighted by Crippen LogP contribution is 2.38. The van der Waals surface area contributed by atoms with E-state index in [4.69, 9.17) is 34.8 Å². The number of nitrogens with one attached hydrogen (secondary N) is 1. The summed E-state index contributed by atoms with van der Waals surface area (Å²) in [5.74, 6) is 1.59. The maximum Gasteiger partial charge on any atom is 0.308 e. The van der Waals surface area contributed by atoms with Crippen LogP contribution in [0.5, 0.6) is 0 Å². The van der Waals surface area contributed by atoms with Crippen LogP contribution in [0.1, 0.15) is 55.0 Å². The van der Waals surface area contributed by atoms with Crippen molar-refractivity contribution in [1.82, 2.24) is 14.9 Å². The molecule has 1 aliphatic heterocycles. The molecule has 1 aromatic carbocycles. The molecule has 13 heteroatoms. The third kappa shape index (κ3) is 12.4. The number of aryl methyl sites for hydroxylation is 1. The molecular weight excluding hydrogens is 671 g/mol. The van der Waals surface area contributed by atoms with Gasteiger partial charge in [0.1, 0.15) is 18.5 Å². The number of anilines is 1. The number of ether oxygens (including phenoxy) is 6. The number of halogens is 1. The zero-order valence-corrected chi connectivity index (χ0v) is 30.1. The predicted octanol–water partition coefficient (Wildman–Crippen LogP) is 4.09. The molecule has 0 amide bonds. The number of terminal acetylenes is 1. The highest BCUT2D eigenvalue weighted by atomic mass is 19.1. The Balaban J connectivity index is 1.03. The van der Waals surface area contributed by atoms with E-state index < -0.39 is 5.82 Å². The Morgan fingerprint density at radius 3 is 2.33 bits per heavy atom. The summed E-state index contributed by atoms with van der Waals surface area (Å²) in [5.41, 5.74) is 3.62. The van der Waals surface area contributed by atoms with Crippen LogP contribution in [-0.2, 0) is 46.3 Å². The molecule has 2 aliphatic rings. The number of carbonyl (C=O) groups is 1. The van der Waals surface area contributed by atoms with Crippen molar-refractivity contribution in [2.75, 3.05) is 84.1 Å². The lowest BCUT2D eigenvalue weighted by molar-refractivity contribution is -0.150. The molecule has 0 bridgehead atoms. The number of hydrogen-bond acceptors (Lipinski definition) is 11. The van der Waals surface area contributed by atoms with Crippen molar-refractivity contribution in [2.45, 2.75) is 64.3 Å². The van der Waals surface area contributed by atoms with Gasteiger partial charge in [-0.1, -0.05) is 5.92 Å². The normalized spacial score (nSPS) is 15.9. The molecule has 1 aliphatic carbocycles. The lowest BCUT2D eigenvalue weighted by Gasteiger charge is -2.34. The van der Waals surface area contributed by atoms with Crippen molar-refractivity contribution >= 4 is 22.6 Å². The number of hydrogen-bond donors (Lipinski definition) is 1. The monoisotopic (exact) mass is 722 g/mol. The molecule has 0 spiro atoms. The van der Waals surface area contributed by atoms with Crippen molar-refractivity contribution in [3.8, 4) is 12.3 Å². The number of pyridine rings is 2. The standard InChI is InChI=1S/C39H51FN4O8/c1-3-12-47-14-16-49-18-20-51-21-19-50-17-15-48-13-9-38(45)52-33-5-4-11-43(28-33)37-24-36-34(23-35(37)40)39(46)31(27-44(36)32-6-7-32)26-41-25-30-8-10-42-29(2)22-30/h1,8,10,22-24,27,32-33,41H,4-7,9,11-21,25-26,28H2,2H3/t33-/m0/s1. The second kappa shape index (κ2) is 21.0. The number of piperidine rings is 1. The molecule has 2 fully saturated rings. The fraction of sp³-hybridized carbons (Fsp3) is 0.564. The molecule has 52 heavy (non-hydrogen) atoms. The van der Waals surface area contributed by atoms with Gasteiger partial charge in [0, 0.05) is 54.7 Å². The summed E-state index contributed by atoms with van der Waals surface area (Å²) in [5, 5.41) is 3.74.